The van der Waals surface area contributed by atoms with Gasteiger partial charge in [0.15, 0.2) is 11.5 Å². The van der Waals surface area contributed by atoms with Crippen LogP contribution in [-0.2, 0) is 19.5 Å². The van der Waals surface area contributed by atoms with E-state index in [-0.39, 0.29) is 18.3 Å². The van der Waals surface area contributed by atoms with Crippen molar-refractivity contribution in [3.63, 3.8) is 0 Å². The average molecular weight is 485 g/mol. The van der Waals surface area contributed by atoms with Gasteiger partial charge in [-0.2, -0.15) is 0 Å². The Morgan fingerprint density at radius 2 is 1.91 bits per heavy atom. The lowest BCUT2D eigenvalue weighted by Gasteiger charge is -2.31. The summed E-state index contributed by atoms with van der Waals surface area (Å²) in [6.07, 6.45) is 3.04. The summed E-state index contributed by atoms with van der Waals surface area (Å²) < 4.78 is 14.0. The highest BCUT2D eigenvalue weighted by Gasteiger charge is 2.30. The topological polar surface area (TPSA) is 60.8 Å². The molecule has 4 aromatic rings. The fraction of sp³-hybridized carbons (Fsp3) is 0.286. The van der Waals surface area contributed by atoms with E-state index in [0.29, 0.717) is 42.5 Å². The Kier molecular flexibility index (Phi) is 4.74. The van der Waals surface area contributed by atoms with E-state index in [4.69, 9.17) is 9.47 Å². The molecule has 35 heavy (non-hydrogen) atoms. The van der Waals surface area contributed by atoms with Gasteiger partial charge < -0.3 is 18.9 Å². The van der Waals surface area contributed by atoms with Gasteiger partial charge in [0.1, 0.15) is 0 Å². The molecule has 4 heterocycles. The summed E-state index contributed by atoms with van der Waals surface area (Å²) in [7, 11) is 0. The van der Waals surface area contributed by atoms with Crippen LogP contribution in [0.25, 0.3) is 21.2 Å². The quantitative estimate of drug-likeness (QED) is 0.406. The summed E-state index contributed by atoms with van der Waals surface area (Å²) in [5.74, 6) is 1.83. The molecule has 0 radical (unpaired) electrons. The van der Waals surface area contributed by atoms with Crippen molar-refractivity contribution >= 4 is 27.3 Å². The molecule has 7 rings (SSSR count). The first-order chi connectivity index (χ1) is 17.2. The maximum Gasteiger partial charge on any atom is 0.258 e. The maximum absolute atomic E-state index is 13.8. The van der Waals surface area contributed by atoms with Crippen LogP contribution in [0.1, 0.15) is 34.5 Å². The van der Waals surface area contributed by atoms with E-state index in [1.807, 2.05) is 27.7 Å². The van der Waals surface area contributed by atoms with Crippen LogP contribution in [0.15, 0.2) is 58.7 Å². The summed E-state index contributed by atoms with van der Waals surface area (Å²) in [4.78, 5) is 29.1. The van der Waals surface area contributed by atoms with Crippen molar-refractivity contribution in [2.45, 2.75) is 32.4 Å². The first-order valence-electron chi connectivity index (χ1n) is 12.1. The third-order valence-corrected chi connectivity index (χ3v) is 8.25. The van der Waals surface area contributed by atoms with Crippen molar-refractivity contribution in [1.82, 2.24) is 9.47 Å². The van der Waals surface area contributed by atoms with Gasteiger partial charge in [0.25, 0.3) is 11.5 Å². The zero-order chi connectivity index (χ0) is 23.5. The van der Waals surface area contributed by atoms with Crippen LogP contribution in [0.5, 0.6) is 11.5 Å². The smallest absolute Gasteiger partial charge is 0.258 e. The van der Waals surface area contributed by atoms with E-state index in [1.54, 1.807) is 29.5 Å². The molecule has 3 aliphatic rings. The number of ether oxygens (including phenoxy) is 2. The van der Waals surface area contributed by atoms with E-state index in [9.17, 15) is 9.59 Å². The highest BCUT2D eigenvalue weighted by molar-refractivity contribution is 7.17. The molecule has 2 aliphatic heterocycles. The van der Waals surface area contributed by atoms with Crippen molar-refractivity contribution in [2.24, 2.45) is 5.92 Å². The average Bonchev–Trinajstić information content (AvgIpc) is 3.36. The van der Waals surface area contributed by atoms with Crippen molar-refractivity contribution in [3.8, 4) is 22.6 Å². The molecule has 0 atom stereocenters. The van der Waals surface area contributed by atoms with E-state index < -0.39 is 0 Å². The van der Waals surface area contributed by atoms with Gasteiger partial charge >= 0.3 is 0 Å². The molecule has 0 unspecified atom stereocenters. The predicted molar refractivity (Wildman–Crippen MR) is 135 cm³/mol. The summed E-state index contributed by atoms with van der Waals surface area (Å²) in [6.45, 7) is 2.03. The molecule has 0 spiro atoms. The molecule has 0 saturated heterocycles. The Labute approximate surface area is 206 Å². The molecule has 1 fully saturated rings. The number of hydrogen-bond acceptors (Lipinski definition) is 5. The molecule has 1 amide bonds. The number of rotatable bonds is 4. The number of aromatic nitrogens is 1. The molecule has 1 aliphatic carbocycles. The van der Waals surface area contributed by atoms with Gasteiger partial charge in [-0.25, -0.2) is 0 Å². The fourth-order valence-corrected chi connectivity index (χ4v) is 6.18. The molecule has 7 heteroatoms. The second kappa shape index (κ2) is 7.99. The number of nitrogens with zero attached hydrogens (tertiary/aromatic N) is 2. The van der Waals surface area contributed by atoms with Gasteiger partial charge in [-0.05, 0) is 65.4 Å². The van der Waals surface area contributed by atoms with Crippen LogP contribution in [0.2, 0.25) is 0 Å². The molecule has 0 bridgehead atoms. The molecule has 176 valence electrons. The highest BCUT2D eigenvalue weighted by atomic mass is 32.1. The second-order valence-corrected chi connectivity index (χ2v) is 10.5. The largest absolute Gasteiger partial charge is 0.454 e. The van der Waals surface area contributed by atoms with Crippen molar-refractivity contribution in [1.29, 1.82) is 0 Å². The molecule has 2 aromatic heterocycles. The zero-order valence-electron chi connectivity index (χ0n) is 19.2. The second-order valence-electron chi connectivity index (χ2n) is 9.58. The van der Waals surface area contributed by atoms with Crippen molar-refractivity contribution in [2.75, 3.05) is 13.3 Å². The first kappa shape index (κ1) is 20.8. The molecule has 2 aromatic carbocycles. The molecule has 6 nitrogen and oxygen atoms in total. The maximum atomic E-state index is 13.8. The van der Waals surface area contributed by atoms with Crippen LogP contribution >= 0.6 is 11.3 Å². The summed E-state index contributed by atoms with van der Waals surface area (Å²) >= 11 is 1.66. The number of carbonyl (C=O) groups excluding carboxylic acids is 1. The van der Waals surface area contributed by atoms with E-state index in [2.05, 4.69) is 17.5 Å². The van der Waals surface area contributed by atoms with Crippen LogP contribution in [0.4, 0.5) is 0 Å². The van der Waals surface area contributed by atoms with Gasteiger partial charge in [0.05, 0.1) is 0 Å². The van der Waals surface area contributed by atoms with Crippen molar-refractivity contribution in [3.05, 3.63) is 81.1 Å². The van der Waals surface area contributed by atoms with E-state index >= 15 is 0 Å². The first-order valence-corrected chi connectivity index (χ1v) is 12.9. The molecular formula is C28H24N2O4S. The number of pyridine rings is 1. The summed E-state index contributed by atoms with van der Waals surface area (Å²) in [5.41, 5.74) is 4.54. The van der Waals surface area contributed by atoms with Gasteiger partial charge in [-0.15, -0.1) is 11.3 Å². The minimum absolute atomic E-state index is 0.0317. The lowest BCUT2D eigenvalue weighted by molar-refractivity contribution is 0.0731. The normalized spacial score (nSPS) is 16.5. The summed E-state index contributed by atoms with van der Waals surface area (Å²) in [6, 6.07) is 15.6. The summed E-state index contributed by atoms with van der Waals surface area (Å²) in [5, 5.41) is 3.22. The van der Waals surface area contributed by atoms with Gasteiger partial charge in [-0.1, -0.05) is 18.2 Å². The number of carbonyl (C=O) groups is 1. The van der Waals surface area contributed by atoms with Crippen LogP contribution in [0.3, 0.4) is 0 Å². The minimum Gasteiger partial charge on any atom is -0.454 e. The Hall–Kier alpha value is -3.58. The Bertz CT molecular complexity index is 1550. The van der Waals surface area contributed by atoms with Crippen LogP contribution in [0, 0.1) is 5.92 Å². The van der Waals surface area contributed by atoms with Gasteiger partial charge in [0, 0.05) is 53.1 Å². The SMILES string of the molecule is O=C(c1ccc2c(c1)OCO2)N1CCc2c(cc(-c3cccc4ccsc34)c(=O)n2CC2CC2)C1. The minimum atomic E-state index is -0.0317. The van der Waals surface area contributed by atoms with Crippen molar-refractivity contribution < 1.29 is 14.3 Å². The molecular weight excluding hydrogens is 460 g/mol. The van der Waals surface area contributed by atoms with E-state index in [1.165, 1.54) is 12.8 Å². The van der Waals surface area contributed by atoms with Crippen LogP contribution in [-0.4, -0.2) is 28.7 Å². The number of amides is 1. The predicted octanol–water partition coefficient (Wildman–Crippen LogP) is 5.07. The molecule has 0 N–H and O–H groups in total. The number of benzene rings is 2. The third kappa shape index (κ3) is 3.53. The number of thiophene rings is 1. The number of fused-ring (bicyclic) bond motifs is 3. The molecule has 1 saturated carbocycles. The fourth-order valence-electron chi connectivity index (χ4n) is 5.25. The lowest BCUT2D eigenvalue weighted by atomic mass is 9.97. The Morgan fingerprint density at radius 3 is 2.80 bits per heavy atom. The zero-order valence-corrected chi connectivity index (χ0v) is 20.0. The standard InChI is InChI=1S/C28H24N2O4S/c31-27(19-6-7-24-25(13-19)34-16-33-24)29-10-8-23-20(15-29)12-22(28(32)30(23)14-17-4-5-17)21-3-1-2-18-9-11-35-26(18)21/h1-3,6-7,9,11-13,17H,4-5,8,10,14-16H2. The monoisotopic (exact) mass is 484 g/mol. The third-order valence-electron chi connectivity index (χ3n) is 7.28. The highest BCUT2D eigenvalue weighted by Crippen LogP contribution is 2.36. The Balaban J connectivity index is 1.29. The van der Waals surface area contributed by atoms with E-state index in [0.717, 1.165) is 39.0 Å². The Morgan fingerprint density at radius 1 is 1.03 bits per heavy atom. The van der Waals surface area contributed by atoms with Crippen LogP contribution < -0.4 is 15.0 Å². The number of hydrogen-bond donors (Lipinski definition) is 0. The van der Waals surface area contributed by atoms with Gasteiger partial charge in [0.2, 0.25) is 6.79 Å². The van der Waals surface area contributed by atoms with Gasteiger partial charge in [-0.3, -0.25) is 9.59 Å². The lowest BCUT2D eigenvalue weighted by Crippen LogP contribution is -2.39.